The van der Waals surface area contributed by atoms with Crippen molar-refractivity contribution < 1.29 is 24.2 Å². The van der Waals surface area contributed by atoms with Crippen molar-refractivity contribution in [1.29, 1.82) is 0 Å². The van der Waals surface area contributed by atoms with Crippen molar-refractivity contribution in [1.82, 2.24) is 10.2 Å². The van der Waals surface area contributed by atoms with Crippen molar-refractivity contribution in [2.75, 3.05) is 32.8 Å². The molecule has 7 heteroatoms. The van der Waals surface area contributed by atoms with Crippen molar-refractivity contribution in [3.8, 4) is 0 Å². The highest BCUT2D eigenvalue weighted by molar-refractivity contribution is 5.74. The zero-order valence-corrected chi connectivity index (χ0v) is 11.5. The number of ether oxygens (including phenoxy) is 2. The molecule has 114 valence electrons. The lowest BCUT2D eigenvalue weighted by Gasteiger charge is -2.32. The Bertz CT molecular complexity index is 344. The third-order valence-corrected chi connectivity index (χ3v) is 3.59. The number of carbonyl (C=O) groups excluding carboxylic acids is 1. The van der Waals surface area contributed by atoms with Crippen LogP contribution in [0.1, 0.15) is 25.7 Å². The normalized spacial score (nSPS) is 26.5. The number of rotatable bonds is 5. The molecule has 2 heterocycles. The van der Waals surface area contributed by atoms with Gasteiger partial charge in [0.1, 0.15) is 0 Å². The van der Waals surface area contributed by atoms with Crippen LogP contribution < -0.4 is 5.32 Å². The fraction of sp³-hybridized carbons (Fsp3) is 0.846. The Morgan fingerprint density at radius 3 is 2.75 bits per heavy atom. The molecule has 7 nitrogen and oxygen atoms in total. The third kappa shape index (κ3) is 4.64. The van der Waals surface area contributed by atoms with Crippen LogP contribution in [0, 0.1) is 0 Å². The number of carboxylic acids is 1. The van der Waals surface area contributed by atoms with Gasteiger partial charge in [0, 0.05) is 26.2 Å². The molecule has 0 saturated carbocycles. The van der Waals surface area contributed by atoms with Crippen LogP contribution in [-0.2, 0) is 14.3 Å². The molecule has 2 atom stereocenters. The maximum Gasteiger partial charge on any atom is 0.317 e. The summed E-state index contributed by atoms with van der Waals surface area (Å²) in [6.45, 7) is 2.63. The Morgan fingerprint density at radius 1 is 1.25 bits per heavy atom. The molecule has 0 aliphatic carbocycles. The minimum Gasteiger partial charge on any atom is -0.481 e. The summed E-state index contributed by atoms with van der Waals surface area (Å²) < 4.78 is 10.8. The van der Waals surface area contributed by atoms with Crippen molar-refractivity contribution in [3.63, 3.8) is 0 Å². The molecule has 2 amide bonds. The number of carboxylic acid groups (broad SMARTS) is 1. The maximum absolute atomic E-state index is 12.0. The van der Waals surface area contributed by atoms with Crippen LogP contribution in [-0.4, -0.2) is 67.1 Å². The summed E-state index contributed by atoms with van der Waals surface area (Å²) in [7, 11) is 0. The lowest BCUT2D eigenvalue weighted by Crippen LogP contribution is -2.50. The van der Waals surface area contributed by atoms with Gasteiger partial charge in [0.15, 0.2) is 0 Å². The van der Waals surface area contributed by atoms with Crippen LogP contribution in [0.3, 0.4) is 0 Å². The summed E-state index contributed by atoms with van der Waals surface area (Å²) in [4.78, 5) is 24.2. The van der Waals surface area contributed by atoms with E-state index in [1.165, 1.54) is 0 Å². The van der Waals surface area contributed by atoms with E-state index in [1.54, 1.807) is 4.90 Å². The number of hydrogen-bond acceptors (Lipinski definition) is 4. The van der Waals surface area contributed by atoms with E-state index in [4.69, 9.17) is 14.6 Å². The van der Waals surface area contributed by atoms with E-state index in [0.717, 1.165) is 25.9 Å². The van der Waals surface area contributed by atoms with E-state index in [0.29, 0.717) is 26.2 Å². The van der Waals surface area contributed by atoms with Crippen LogP contribution in [0.25, 0.3) is 0 Å². The monoisotopic (exact) mass is 286 g/mol. The van der Waals surface area contributed by atoms with Gasteiger partial charge in [-0.05, 0) is 19.3 Å². The summed E-state index contributed by atoms with van der Waals surface area (Å²) in [6.07, 6.45) is 2.77. The van der Waals surface area contributed by atoms with Gasteiger partial charge in [-0.25, -0.2) is 4.79 Å². The second kappa shape index (κ2) is 7.44. The minimum absolute atomic E-state index is 0.0697. The SMILES string of the molecule is O=C(O)CC1CN(C(=O)NCCC2CCCO2)CCO1. The second-order valence-corrected chi connectivity index (χ2v) is 5.19. The largest absolute Gasteiger partial charge is 0.481 e. The number of carbonyl (C=O) groups is 2. The van der Waals surface area contributed by atoms with Gasteiger partial charge in [0.2, 0.25) is 0 Å². The highest BCUT2D eigenvalue weighted by Crippen LogP contribution is 2.14. The molecule has 2 fully saturated rings. The third-order valence-electron chi connectivity index (χ3n) is 3.59. The Kier molecular flexibility index (Phi) is 5.60. The number of amides is 2. The molecule has 2 aliphatic rings. The van der Waals surface area contributed by atoms with Crippen molar-refractivity contribution in [2.24, 2.45) is 0 Å². The average Bonchev–Trinajstić information content (AvgIpc) is 2.91. The first-order valence-corrected chi connectivity index (χ1v) is 7.13. The molecule has 0 bridgehead atoms. The molecule has 0 radical (unpaired) electrons. The highest BCUT2D eigenvalue weighted by Gasteiger charge is 2.26. The van der Waals surface area contributed by atoms with E-state index < -0.39 is 12.1 Å². The quantitative estimate of drug-likeness (QED) is 0.765. The fourth-order valence-electron chi connectivity index (χ4n) is 2.55. The van der Waals surface area contributed by atoms with Gasteiger partial charge in [-0.15, -0.1) is 0 Å². The second-order valence-electron chi connectivity index (χ2n) is 5.19. The van der Waals surface area contributed by atoms with E-state index in [1.807, 2.05) is 0 Å². The number of hydrogen-bond donors (Lipinski definition) is 2. The summed E-state index contributed by atoms with van der Waals surface area (Å²) in [6, 6.07) is -0.151. The van der Waals surface area contributed by atoms with Crippen molar-refractivity contribution in [2.45, 2.75) is 37.9 Å². The Morgan fingerprint density at radius 2 is 2.05 bits per heavy atom. The molecule has 2 aliphatic heterocycles. The number of urea groups is 1. The predicted molar refractivity (Wildman–Crippen MR) is 70.6 cm³/mol. The average molecular weight is 286 g/mol. The minimum atomic E-state index is -0.907. The van der Waals surface area contributed by atoms with Crippen LogP contribution in [0.15, 0.2) is 0 Å². The number of morpholine rings is 1. The molecular weight excluding hydrogens is 264 g/mol. The number of nitrogens with one attached hydrogen (secondary N) is 1. The Hall–Kier alpha value is -1.34. The van der Waals surface area contributed by atoms with Crippen LogP contribution in [0.2, 0.25) is 0 Å². The first kappa shape index (κ1) is 15.1. The fourth-order valence-corrected chi connectivity index (χ4v) is 2.55. The number of nitrogens with zero attached hydrogens (tertiary/aromatic N) is 1. The van der Waals surface area contributed by atoms with E-state index in [-0.39, 0.29) is 18.6 Å². The zero-order chi connectivity index (χ0) is 14.4. The van der Waals surface area contributed by atoms with Gasteiger partial charge in [-0.1, -0.05) is 0 Å². The van der Waals surface area contributed by atoms with E-state index in [2.05, 4.69) is 5.32 Å². The Balaban J connectivity index is 1.67. The van der Waals surface area contributed by atoms with Crippen molar-refractivity contribution >= 4 is 12.0 Å². The lowest BCUT2D eigenvalue weighted by molar-refractivity contribution is -0.141. The van der Waals surface area contributed by atoms with Gasteiger partial charge in [-0.2, -0.15) is 0 Å². The van der Waals surface area contributed by atoms with Gasteiger partial charge < -0.3 is 24.8 Å². The van der Waals surface area contributed by atoms with Gasteiger partial charge in [0.05, 0.1) is 25.2 Å². The standard InChI is InChI=1S/C13H22N2O5/c16-12(17)8-11-9-15(5-7-20-11)13(18)14-4-3-10-2-1-6-19-10/h10-11H,1-9H2,(H,14,18)(H,16,17). The summed E-state index contributed by atoms with van der Waals surface area (Å²) in [5.74, 6) is -0.907. The zero-order valence-electron chi connectivity index (χ0n) is 11.5. The van der Waals surface area contributed by atoms with Gasteiger partial charge >= 0.3 is 12.0 Å². The summed E-state index contributed by atoms with van der Waals surface area (Å²) >= 11 is 0. The van der Waals surface area contributed by atoms with Crippen molar-refractivity contribution in [3.05, 3.63) is 0 Å². The molecule has 0 aromatic carbocycles. The summed E-state index contributed by atoms with van der Waals surface area (Å²) in [5.41, 5.74) is 0. The van der Waals surface area contributed by atoms with Gasteiger partial charge in [0.25, 0.3) is 0 Å². The topological polar surface area (TPSA) is 88.1 Å². The van der Waals surface area contributed by atoms with E-state index >= 15 is 0 Å². The first-order chi connectivity index (χ1) is 9.65. The molecule has 0 aromatic rings. The lowest BCUT2D eigenvalue weighted by atomic mass is 10.2. The smallest absolute Gasteiger partial charge is 0.317 e. The molecule has 0 aromatic heterocycles. The van der Waals surface area contributed by atoms with Crippen LogP contribution >= 0.6 is 0 Å². The molecular formula is C13H22N2O5. The maximum atomic E-state index is 12.0. The molecule has 20 heavy (non-hydrogen) atoms. The van der Waals surface area contributed by atoms with Gasteiger partial charge in [-0.3, -0.25) is 4.79 Å². The van der Waals surface area contributed by atoms with E-state index in [9.17, 15) is 9.59 Å². The predicted octanol–water partition coefficient (Wildman–Crippen LogP) is 0.441. The molecule has 2 rings (SSSR count). The van der Waals surface area contributed by atoms with Crippen LogP contribution in [0.4, 0.5) is 4.79 Å². The summed E-state index contributed by atoms with van der Waals surface area (Å²) in [5, 5.41) is 11.6. The Labute approximate surface area is 118 Å². The van der Waals surface area contributed by atoms with Crippen LogP contribution in [0.5, 0.6) is 0 Å². The first-order valence-electron chi connectivity index (χ1n) is 7.13. The highest BCUT2D eigenvalue weighted by atomic mass is 16.5. The number of aliphatic carboxylic acids is 1. The molecule has 0 spiro atoms. The molecule has 2 unspecified atom stereocenters. The molecule has 2 saturated heterocycles. The molecule has 2 N–H and O–H groups in total.